The van der Waals surface area contributed by atoms with Crippen LogP contribution in [0.3, 0.4) is 0 Å². The van der Waals surface area contributed by atoms with E-state index in [1.807, 2.05) is 35.1 Å². The van der Waals surface area contributed by atoms with Gasteiger partial charge in [0.2, 0.25) is 0 Å². The average Bonchev–Trinajstić information content (AvgIpc) is 3.35. The zero-order valence-electron chi connectivity index (χ0n) is 15.4. The highest BCUT2D eigenvalue weighted by Gasteiger charge is 2.29. The van der Waals surface area contributed by atoms with E-state index in [4.69, 9.17) is 10.2 Å². The minimum Gasteiger partial charge on any atom is -0.423 e. The monoisotopic (exact) mass is 354 g/mol. The van der Waals surface area contributed by atoms with Gasteiger partial charge in [-0.25, -0.2) is 4.68 Å². The Morgan fingerprint density at radius 2 is 1.92 bits per heavy atom. The fraction of sp³-hybridized carbons (Fsp3) is 0.526. The van der Waals surface area contributed by atoms with Crippen LogP contribution in [0.25, 0.3) is 11.1 Å². The Bertz CT molecular complexity index is 840. The van der Waals surface area contributed by atoms with Crippen molar-refractivity contribution in [2.45, 2.75) is 51.1 Å². The van der Waals surface area contributed by atoms with Crippen molar-refractivity contribution in [2.75, 3.05) is 18.0 Å². The summed E-state index contributed by atoms with van der Waals surface area (Å²) in [4.78, 5) is 6.81. The first-order chi connectivity index (χ1) is 12.6. The predicted molar refractivity (Wildman–Crippen MR) is 101 cm³/mol. The van der Waals surface area contributed by atoms with Gasteiger partial charge in [-0.05, 0) is 37.8 Å². The van der Waals surface area contributed by atoms with Crippen LogP contribution in [0.2, 0.25) is 0 Å². The topological polar surface area (TPSA) is 86.0 Å². The number of oxazole rings is 1. The SMILES string of the molecule is CCC(N)(CC)c1cn(C2CCN(c3nc4ccccc4o3)CC2)nn1. The number of piperidine rings is 1. The third-order valence-corrected chi connectivity index (χ3v) is 5.67. The van der Waals surface area contributed by atoms with Crippen molar-refractivity contribution in [1.82, 2.24) is 20.0 Å². The van der Waals surface area contributed by atoms with E-state index in [1.54, 1.807) is 0 Å². The van der Waals surface area contributed by atoms with Crippen LogP contribution in [-0.2, 0) is 5.54 Å². The zero-order valence-corrected chi connectivity index (χ0v) is 15.4. The molecule has 1 aliphatic heterocycles. The summed E-state index contributed by atoms with van der Waals surface area (Å²) in [7, 11) is 0. The van der Waals surface area contributed by atoms with Crippen molar-refractivity contribution in [1.29, 1.82) is 0 Å². The molecule has 4 rings (SSSR count). The maximum absolute atomic E-state index is 6.45. The maximum atomic E-state index is 6.45. The van der Waals surface area contributed by atoms with Crippen molar-refractivity contribution in [3.8, 4) is 0 Å². The minimum absolute atomic E-state index is 0.342. The van der Waals surface area contributed by atoms with Gasteiger partial charge in [-0.15, -0.1) is 5.10 Å². The quantitative estimate of drug-likeness (QED) is 0.757. The minimum atomic E-state index is -0.378. The van der Waals surface area contributed by atoms with E-state index < -0.39 is 0 Å². The third-order valence-electron chi connectivity index (χ3n) is 5.67. The number of para-hydroxylation sites is 2. The van der Waals surface area contributed by atoms with Gasteiger partial charge in [0.25, 0.3) is 6.01 Å². The number of hydrogen-bond donors (Lipinski definition) is 1. The Morgan fingerprint density at radius 3 is 2.62 bits per heavy atom. The molecule has 0 saturated carbocycles. The number of rotatable bonds is 5. The molecule has 0 amide bonds. The highest BCUT2D eigenvalue weighted by Crippen LogP contribution is 2.29. The van der Waals surface area contributed by atoms with Crippen molar-refractivity contribution in [3.63, 3.8) is 0 Å². The Balaban J connectivity index is 1.44. The number of fused-ring (bicyclic) bond motifs is 1. The van der Waals surface area contributed by atoms with Gasteiger partial charge in [0.1, 0.15) is 11.2 Å². The number of anilines is 1. The maximum Gasteiger partial charge on any atom is 0.298 e. The lowest BCUT2D eigenvalue weighted by atomic mass is 9.91. The van der Waals surface area contributed by atoms with Gasteiger partial charge in [-0.2, -0.15) is 4.98 Å². The highest BCUT2D eigenvalue weighted by molar-refractivity contribution is 5.74. The Hall–Kier alpha value is -2.41. The number of aromatic nitrogens is 4. The lowest BCUT2D eigenvalue weighted by molar-refractivity contribution is 0.351. The normalized spacial score (nSPS) is 16.5. The van der Waals surface area contributed by atoms with E-state index in [0.29, 0.717) is 12.1 Å². The second-order valence-corrected chi connectivity index (χ2v) is 7.13. The summed E-state index contributed by atoms with van der Waals surface area (Å²) in [5.41, 5.74) is 8.71. The molecular formula is C19H26N6O. The van der Waals surface area contributed by atoms with Gasteiger partial charge in [-0.3, -0.25) is 0 Å². The molecule has 1 aromatic carbocycles. The molecule has 0 radical (unpaired) electrons. The Kier molecular flexibility index (Phi) is 4.40. The van der Waals surface area contributed by atoms with Crippen molar-refractivity contribution in [3.05, 3.63) is 36.2 Å². The van der Waals surface area contributed by atoms with E-state index >= 15 is 0 Å². The summed E-state index contributed by atoms with van der Waals surface area (Å²) in [6.07, 6.45) is 5.72. The molecule has 0 unspecified atom stereocenters. The van der Waals surface area contributed by atoms with E-state index in [1.165, 1.54) is 0 Å². The largest absolute Gasteiger partial charge is 0.423 e. The second kappa shape index (κ2) is 6.72. The smallest absolute Gasteiger partial charge is 0.298 e. The summed E-state index contributed by atoms with van der Waals surface area (Å²) in [5, 5.41) is 8.72. The van der Waals surface area contributed by atoms with Gasteiger partial charge in [0.15, 0.2) is 5.58 Å². The van der Waals surface area contributed by atoms with Crippen LogP contribution in [0.15, 0.2) is 34.9 Å². The molecule has 1 aliphatic rings. The van der Waals surface area contributed by atoms with Gasteiger partial charge < -0.3 is 15.1 Å². The van der Waals surface area contributed by atoms with E-state index in [2.05, 4.69) is 34.0 Å². The third kappa shape index (κ3) is 2.96. The van der Waals surface area contributed by atoms with Gasteiger partial charge in [0, 0.05) is 13.1 Å². The lowest BCUT2D eigenvalue weighted by Crippen LogP contribution is -2.36. The van der Waals surface area contributed by atoms with Crippen LogP contribution < -0.4 is 10.6 Å². The van der Waals surface area contributed by atoms with Gasteiger partial charge >= 0.3 is 0 Å². The summed E-state index contributed by atoms with van der Waals surface area (Å²) in [5.74, 6) is 0. The predicted octanol–water partition coefficient (Wildman–Crippen LogP) is 3.23. The first-order valence-corrected chi connectivity index (χ1v) is 9.44. The molecule has 0 spiro atoms. The molecule has 7 nitrogen and oxygen atoms in total. The number of hydrogen-bond acceptors (Lipinski definition) is 6. The highest BCUT2D eigenvalue weighted by atomic mass is 16.4. The molecule has 2 aromatic heterocycles. The first-order valence-electron chi connectivity index (χ1n) is 9.44. The fourth-order valence-electron chi connectivity index (χ4n) is 3.61. The van der Waals surface area contributed by atoms with Crippen LogP contribution >= 0.6 is 0 Å². The molecule has 0 aliphatic carbocycles. The van der Waals surface area contributed by atoms with Crippen LogP contribution in [0, 0.1) is 0 Å². The molecule has 26 heavy (non-hydrogen) atoms. The molecule has 3 aromatic rings. The van der Waals surface area contributed by atoms with Crippen molar-refractivity contribution >= 4 is 17.1 Å². The first kappa shape index (κ1) is 17.0. The Morgan fingerprint density at radius 1 is 1.19 bits per heavy atom. The van der Waals surface area contributed by atoms with Crippen molar-refractivity contribution < 1.29 is 4.42 Å². The second-order valence-electron chi connectivity index (χ2n) is 7.13. The van der Waals surface area contributed by atoms with Crippen LogP contribution in [-0.4, -0.2) is 33.1 Å². The molecule has 3 heterocycles. The standard InChI is InChI=1S/C19H26N6O/c1-3-19(20,4-2)17-13-25(23-22-17)14-9-11-24(12-10-14)18-21-15-7-5-6-8-16(15)26-18/h5-8,13-14H,3-4,9-12,20H2,1-2H3. The van der Waals surface area contributed by atoms with Crippen LogP contribution in [0.4, 0.5) is 6.01 Å². The Labute approximate surface area is 153 Å². The molecule has 0 atom stereocenters. The molecule has 138 valence electrons. The van der Waals surface area contributed by atoms with Gasteiger partial charge in [0.05, 0.1) is 17.8 Å². The summed E-state index contributed by atoms with van der Waals surface area (Å²) >= 11 is 0. The molecule has 1 fully saturated rings. The van der Waals surface area contributed by atoms with E-state index in [-0.39, 0.29) is 5.54 Å². The van der Waals surface area contributed by atoms with Crippen LogP contribution in [0.5, 0.6) is 0 Å². The number of nitrogens with two attached hydrogens (primary N) is 1. The fourth-order valence-corrected chi connectivity index (χ4v) is 3.61. The molecule has 2 N–H and O–H groups in total. The van der Waals surface area contributed by atoms with Crippen LogP contribution in [0.1, 0.15) is 51.3 Å². The summed E-state index contributed by atoms with van der Waals surface area (Å²) < 4.78 is 7.88. The average molecular weight is 354 g/mol. The van der Waals surface area contributed by atoms with E-state index in [9.17, 15) is 0 Å². The molecule has 1 saturated heterocycles. The molecule has 7 heteroatoms. The number of nitrogens with zero attached hydrogens (tertiary/aromatic N) is 5. The number of benzene rings is 1. The molecule has 0 bridgehead atoms. The van der Waals surface area contributed by atoms with Crippen molar-refractivity contribution in [2.24, 2.45) is 5.73 Å². The molecular weight excluding hydrogens is 328 g/mol. The van der Waals surface area contributed by atoms with E-state index in [0.717, 1.165) is 55.6 Å². The summed E-state index contributed by atoms with van der Waals surface area (Å²) in [6.45, 7) is 5.98. The zero-order chi connectivity index (χ0) is 18.1. The lowest BCUT2D eigenvalue weighted by Gasteiger charge is -2.30. The van der Waals surface area contributed by atoms with Gasteiger partial charge in [-0.1, -0.05) is 31.2 Å². The summed E-state index contributed by atoms with van der Waals surface area (Å²) in [6, 6.07) is 8.93.